The highest BCUT2D eigenvalue weighted by atomic mass is 17.3. The molecular formula is C8H10N2O2. The van der Waals surface area contributed by atoms with Gasteiger partial charge in [0.05, 0.1) is 4.91 Å². The van der Waals surface area contributed by atoms with Gasteiger partial charge in [0.15, 0.2) is 0 Å². The maximum Gasteiger partial charge on any atom is 0.127 e. The molecule has 1 aromatic heterocycles. The first-order valence-electron chi connectivity index (χ1n) is 3.69. The lowest BCUT2D eigenvalue weighted by Crippen LogP contribution is -2.08. The molecular weight excluding hydrogens is 156 g/mol. The Hall–Kier alpha value is -1.58. The highest BCUT2D eigenvalue weighted by Crippen LogP contribution is 2.16. The lowest BCUT2D eigenvalue weighted by molar-refractivity contribution is 0.264. The van der Waals surface area contributed by atoms with E-state index in [1.807, 2.05) is 43.3 Å². The zero-order chi connectivity index (χ0) is 8.55. The van der Waals surface area contributed by atoms with Crippen LogP contribution in [-0.2, 0) is 0 Å². The molecule has 1 aromatic carbocycles. The molecule has 0 amide bonds. The van der Waals surface area contributed by atoms with Crippen LogP contribution in [0.4, 0.5) is 5.69 Å². The Morgan fingerprint density at radius 1 is 1.08 bits per heavy atom. The number of hydrogen-bond acceptors (Lipinski definition) is 3. The number of benzene rings is 1. The molecule has 2 aromatic rings. The number of nitrogens with zero attached hydrogens (tertiary/aromatic N) is 2. The molecule has 0 aliphatic carbocycles. The van der Waals surface area contributed by atoms with E-state index in [9.17, 15) is 0 Å². The monoisotopic (exact) mass is 166 g/mol. The van der Waals surface area contributed by atoms with Gasteiger partial charge in [-0.15, -0.1) is 9.36 Å². The molecule has 0 bridgehead atoms. The topological polar surface area (TPSA) is 34.5 Å². The zero-order valence-corrected chi connectivity index (χ0v) is 7.02. The lowest BCUT2D eigenvalue weighted by atomic mass is 10.3. The Morgan fingerprint density at radius 2 is 1.67 bits per heavy atom. The van der Waals surface area contributed by atoms with Gasteiger partial charge in [0.1, 0.15) is 5.69 Å². The Labute approximate surface area is 69.8 Å². The van der Waals surface area contributed by atoms with Crippen molar-refractivity contribution in [2.45, 2.75) is 0 Å². The number of anilines is 1. The van der Waals surface area contributed by atoms with E-state index in [2.05, 4.69) is 9.36 Å². The standard InChI is InChI=1S/C8H10N2O2/c1-9(2)7-3-5-8(6-4-7)10-11-12-10/h3-6H,1-2H3. The summed E-state index contributed by atoms with van der Waals surface area (Å²) in [5.74, 6) is 0. The number of hydrogen-bond donors (Lipinski definition) is 0. The molecule has 0 fully saturated rings. The van der Waals surface area contributed by atoms with Gasteiger partial charge in [-0.25, -0.2) is 0 Å². The molecule has 1 heterocycles. The van der Waals surface area contributed by atoms with Gasteiger partial charge in [0.2, 0.25) is 0 Å². The van der Waals surface area contributed by atoms with E-state index in [4.69, 9.17) is 0 Å². The first kappa shape index (κ1) is 7.09. The van der Waals surface area contributed by atoms with Crippen molar-refractivity contribution in [3.8, 4) is 5.69 Å². The molecule has 0 unspecified atom stereocenters. The Balaban J connectivity index is 2.27. The molecule has 0 saturated heterocycles. The predicted molar refractivity (Wildman–Crippen MR) is 44.6 cm³/mol. The normalized spacial score (nSPS) is 10.5. The van der Waals surface area contributed by atoms with E-state index in [1.54, 1.807) is 0 Å². The summed E-state index contributed by atoms with van der Waals surface area (Å²) in [5, 5.41) is 0. The van der Waals surface area contributed by atoms with Crippen molar-refractivity contribution in [1.29, 1.82) is 0 Å². The second-order valence-electron chi connectivity index (χ2n) is 2.82. The Kier molecular flexibility index (Phi) is 1.46. The predicted octanol–water partition coefficient (Wildman–Crippen LogP) is 1.73. The summed E-state index contributed by atoms with van der Waals surface area (Å²) in [6.07, 6.45) is 0. The van der Waals surface area contributed by atoms with Crippen LogP contribution in [0.25, 0.3) is 5.69 Å². The lowest BCUT2D eigenvalue weighted by Gasteiger charge is -2.11. The van der Waals surface area contributed by atoms with E-state index in [1.165, 1.54) is 4.91 Å². The minimum absolute atomic E-state index is 0.903. The third kappa shape index (κ3) is 1.23. The van der Waals surface area contributed by atoms with Crippen molar-refractivity contribution in [3.05, 3.63) is 24.3 Å². The second-order valence-corrected chi connectivity index (χ2v) is 2.82. The Morgan fingerprint density at radius 3 is 2.08 bits per heavy atom. The molecule has 0 saturated carbocycles. The van der Waals surface area contributed by atoms with E-state index in [0.717, 1.165) is 11.4 Å². The number of aromatic nitrogens is 1. The van der Waals surface area contributed by atoms with Gasteiger partial charge >= 0.3 is 0 Å². The quantitative estimate of drug-likeness (QED) is 0.637. The van der Waals surface area contributed by atoms with Gasteiger partial charge in [-0.1, -0.05) is 0 Å². The van der Waals surface area contributed by atoms with E-state index >= 15 is 0 Å². The van der Waals surface area contributed by atoms with Gasteiger partial charge in [0.25, 0.3) is 0 Å². The molecule has 0 spiro atoms. The van der Waals surface area contributed by atoms with Crippen LogP contribution in [0, 0.1) is 0 Å². The van der Waals surface area contributed by atoms with E-state index < -0.39 is 0 Å². The van der Waals surface area contributed by atoms with E-state index in [-0.39, 0.29) is 0 Å². The minimum atomic E-state index is 0.903. The molecule has 0 aliphatic heterocycles. The van der Waals surface area contributed by atoms with Crippen molar-refractivity contribution < 1.29 is 9.36 Å². The Bertz CT molecular complexity index is 331. The molecule has 4 heteroatoms. The molecule has 0 N–H and O–H groups in total. The summed E-state index contributed by atoms with van der Waals surface area (Å²) in [6, 6.07) is 7.87. The van der Waals surface area contributed by atoms with Crippen molar-refractivity contribution in [3.63, 3.8) is 0 Å². The van der Waals surface area contributed by atoms with E-state index in [0.29, 0.717) is 0 Å². The average Bonchev–Trinajstić information content (AvgIpc) is 2.87. The highest BCUT2D eigenvalue weighted by Gasteiger charge is 2.05. The third-order valence-electron chi connectivity index (χ3n) is 1.73. The van der Waals surface area contributed by atoms with Crippen LogP contribution in [0.2, 0.25) is 0 Å². The van der Waals surface area contributed by atoms with Crippen molar-refractivity contribution in [2.75, 3.05) is 19.0 Å². The molecule has 2 rings (SSSR count). The summed E-state index contributed by atoms with van der Waals surface area (Å²) >= 11 is 0. The summed E-state index contributed by atoms with van der Waals surface area (Å²) in [7, 11) is 4.00. The minimum Gasteiger partial charge on any atom is -0.378 e. The molecule has 4 nitrogen and oxygen atoms in total. The molecule has 0 aliphatic rings. The SMILES string of the molecule is CN(C)c1ccc(-n2oo2)cc1. The van der Waals surface area contributed by atoms with Crippen LogP contribution in [0.5, 0.6) is 0 Å². The van der Waals surface area contributed by atoms with Gasteiger partial charge in [0, 0.05) is 19.8 Å². The van der Waals surface area contributed by atoms with Crippen LogP contribution >= 0.6 is 0 Å². The first-order valence-corrected chi connectivity index (χ1v) is 3.69. The summed E-state index contributed by atoms with van der Waals surface area (Å²) in [4.78, 5) is 3.38. The van der Waals surface area contributed by atoms with Crippen LogP contribution < -0.4 is 4.90 Å². The third-order valence-corrected chi connectivity index (χ3v) is 1.73. The molecule has 12 heavy (non-hydrogen) atoms. The maximum absolute atomic E-state index is 4.51. The zero-order valence-electron chi connectivity index (χ0n) is 7.02. The molecule has 0 atom stereocenters. The van der Waals surface area contributed by atoms with Gasteiger partial charge in [-0.3, -0.25) is 0 Å². The van der Waals surface area contributed by atoms with Gasteiger partial charge in [-0.05, 0) is 24.3 Å². The van der Waals surface area contributed by atoms with Crippen LogP contribution in [0.15, 0.2) is 33.6 Å². The van der Waals surface area contributed by atoms with Gasteiger partial charge in [-0.2, -0.15) is 0 Å². The van der Waals surface area contributed by atoms with Crippen LogP contribution in [0.1, 0.15) is 0 Å². The van der Waals surface area contributed by atoms with Gasteiger partial charge < -0.3 is 4.90 Å². The number of rotatable bonds is 2. The van der Waals surface area contributed by atoms with Crippen LogP contribution in [0.3, 0.4) is 0 Å². The van der Waals surface area contributed by atoms with Crippen molar-refractivity contribution in [2.24, 2.45) is 0 Å². The summed E-state index contributed by atoms with van der Waals surface area (Å²) < 4.78 is 9.03. The fourth-order valence-electron chi connectivity index (χ4n) is 0.975. The fraction of sp³-hybridized carbons (Fsp3) is 0.250. The first-order chi connectivity index (χ1) is 5.77. The molecule has 0 radical (unpaired) electrons. The largest absolute Gasteiger partial charge is 0.378 e. The smallest absolute Gasteiger partial charge is 0.127 e. The summed E-state index contributed by atoms with van der Waals surface area (Å²) in [6.45, 7) is 0. The average molecular weight is 166 g/mol. The van der Waals surface area contributed by atoms with Crippen molar-refractivity contribution in [1.82, 2.24) is 4.91 Å². The summed E-state index contributed by atoms with van der Waals surface area (Å²) in [5.41, 5.74) is 2.06. The second kappa shape index (κ2) is 2.48. The maximum atomic E-state index is 4.51. The van der Waals surface area contributed by atoms with Crippen molar-refractivity contribution >= 4 is 5.69 Å². The fourth-order valence-corrected chi connectivity index (χ4v) is 0.975. The van der Waals surface area contributed by atoms with Crippen LogP contribution in [-0.4, -0.2) is 19.0 Å². The molecule has 64 valence electrons. The highest BCUT2D eigenvalue weighted by molar-refractivity contribution is 5.48.